The summed E-state index contributed by atoms with van der Waals surface area (Å²) in [4.78, 5) is 16.7. The number of ether oxygens (including phenoxy) is 1. The van der Waals surface area contributed by atoms with Crippen molar-refractivity contribution in [3.63, 3.8) is 0 Å². The van der Waals surface area contributed by atoms with Crippen LogP contribution in [0.5, 0.6) is 0 Å². The van der Waals surface area contributed by atoms with E-state index in [1.54, 1.807) is 0 Å². The van der Waals surface area contributed by atoms with E-state index in [0.717, 1.165) is 39.3 Å². The minimum absolute atomic E-state index is 0. The molecule has 3 unspecified atom stereocenters. The molecule has 2 aliphatic rings. The first-order chi connectivity index (χ1) is 8.63. The van der Waals surface area contributed by atoms with E-state index in [4.69, 9.17) is 10.5 Å². The van der Waals surface area contributed by atoms with Gasteiger partial charge in [-0.25, -0.2) is 0 Å². The molecule has 120 valence electrons. The van der Waals surface area contributed by atoms with Crippen LogP contribution in [0.2, 0.25) is 0 Å². The van der Waals surface area contributed by atoms with E-state index in [-0.39, 0.29) is 36.8 Å². The van der Waals surface area contributed by atoms with Crippen LogP contribution in [0.4, 0.5) is 0 Å². The third kappa shape index (κ3) is 4.46. The minimum atomic E-state index is -0.0344. The molecule has 0 radical (unpaired) electrons. The van der Waals surface area contributed by atoms with E-state index < -0.39 is 0 Å². The predicted molar refractivity (Wildman–Crippen MR) is 84.7 cm³/mol. The number of rotatable bonds is 3. The lowest BCUT2D eigenvalue weighted by atomic mass is 10.1. The van der Waals surface area contributed by atoms with Crippen molar-refractivity contribution in [1.29, 1.82) is 0 Å². The average Bonchev–Trinajstić information content (AvgIpc) is 2.79. The lowest BCUT2D eigenvalue weighted by Crippen LogP contribution is -2.51. The van der Waals surface area contributed by atoms with Crippen LogP contribution >= 0.6 is 24.8 Å². The molecular weight excluding hydrogens is 301 g/mol. The maximum Gasteiger partial charge on any atom is 0.239 e. The van der Waals surface area contributed by atoms with Crippen molar-refractivity contribution in [2.45, 2.75) is 32.4 Å². The maximum atomic E-state index is 12.5. The summed E-state index contributed by atoms with van der Waals surface area (Å²) in [7, 11) is 0. The topological polar surface area (TPSA) is 58.8 Å². The maximum absolute atomic E-state index is 12.5. The molecule has 0 aromatic heterocycles. The van der Waals surface area contributed by atoms with Gasteiger partial charge >= 0.3 is 0 Å². The van der Waals surface area contributed by atoms with Gasteiger partial charge in [-0.2, -0.15) is 0 Å². The van der Waals surface area contributed by atoms with Crippen LogP contribution in [-0.2, 0) is 9.53 Å². The number of nitrogens with two attached hydrogens (primary N) is 1. The third-order valence-electron chi connectivity index (χ3n) is 4.23. The SMILES string of the molecule is CC(C(=O)N1CC(CN)CC1C)N1CCOCC1.Cl.Cl. The van der Waals surface area contributed by atoms with E-state index >= 15 is 0 Å². The van der Waals surface area contributed by atoms with Crippen LogP contribution in [0.3, 0.4) is 0 Å². The zero-order valence-corrected chi connectivity index (χ0v) is 13.9. The van der Waals surface area contributed by atoms with Gasteiger partial charge < -0.3 is 15.4 Å². The molecule has 5 nitrogen and oxygen atoms in total. The fraction of sp³-hybridized carbons (Fsp3) is 0.923. The summed E-state index contributed by atoms with van der Waals surface area (Å²) in [5.74, 6) is 0.723. The van der Waals surface area contributed by atoms with Crippen LogP contribution in [0.15, 0.2) is 0 Å². The van der Waals surface area contributed by atoms with Crippen LogP contribution in [-0.4, -0.2) is 67.2 Å². The van der Waals surface area contributed by atoms with E-state index in [9.17, 15) is 4.79 Å². The number of hydrogen-bond donors (Lipinski definition) is 1. The van der Waals surface area contributed by atoms with Gasteiger partial charge in [0.15, 0.2) is 0 Å². The van der Waals surface area contributed by atoms with Crippen molar-refractivity contribution in [3.8, 4) is 0 Å². The number of carbonyl (C=O) groups excluding carboxylic acids is 1. The highest BCUT2D eigenvalue weighted by Crippen LogP contribution is 2.23. The Morgan fingerprint density at radius 1 is 1.35 bits per heavy atom. The van der Waals surface area contributed by atoms with Gasteiger partial charge in [0.2, 0.25) is 5.91 Å². The Morgan fingerprint density at radius 2 is 1.95 bits per heavy atom. The van der Waals surface area contributed by atoms with Gasteiger partial charge in [-0.15, -0.1) is 24.8 Å². The Labute approximate surface area is 134 Å². The van der Waals surface area contributed by atoms with Crippen LogP contribution in [0, 0.1) is 5.92 Å². The molecule has 0 aliphatic carbocycles. The van der Waals surface area contributed by atoms with Gasteiger partial charge in [0, 0.05) is 25.7 Å². The van der Waals surface area contributed by atoms with E-state index in [2.05, 4.69) is 11.8 Å². The predicted octanol–water partition coefficient (Wildman–Crippen LogP) is 0.746. The first-order valence-corrected chi connectivity index (χ1v) is 6.95. The molecule has 0 bridgehead atoms. The molecular formula is C13H27Cl2N3O2. The summed E-state index contributed by atoms with van der Waals surface area (Å²) in [6.07, 6.45) is 1.04. The molecule has 0 aromatic rings. The molecule has 0 saturated carbocycles. The molecule has 20 heavy (non-hydrogen) atoms. The molecule has 2 heterocycles. The molecule has 2 rings (SSSR count). The summed E-state index contributed by atoms with van der Waals surface area (Å²) in [6, 6.07) is 0.294. The molecule has 2 N–H and O–H groups in total. The molecule has 0 spiro atoms. The number of morpholine rings is 1. The van der Waals surface area contributed by atoms with Gasteiger partial charge in [0.25, 0.3) is 0 Å². The summed E-state index contributed by atoms with van der Waals surface area (Å²) >= 11 is 0. The van der Waals surface area contributed by atoms with Gasteiger partial charge in [-0.1, -0.05) is 0 Å². The highest BCUT2D eigenvalue weighted by molar-refractivity contribution is 5.85. The minimum Gasteiger partial charge on any atom is -0.379 e. The second-order valence-corrected chi connectivity index (χ2v) is 5.50. The Bertz CT molecular complexity index is 301. The first-order valence-electron chi connectivity index (χ1n) is 6.95. The summed E-state index contributed by atoms with van der Waals surface area (Å²) in [6.45, 7) is 8.82. The van der Waals surface area contributed by atoms with Crippen molar-refractivity contribution >= 4 is 30.7 Å². The normalized spacial score (nSPS) is 28.4. The second kappa shape index (κ2) is 9.05. The largest absolute Gasteiger partial charge is 0.379 e. The van der Waals surface area contributed by atoms with Crippen LogP contribution in [0.1, 0.15) is 20.3 Å². The number of halogens is 2. The van der Waals surface area contributed by atoms with Crippen molar-refractivity contribution in [2.24, 2.45) is 11.7 Å². The van der Waals surface area contributed by atoms with Gasteiger partial charge in [-0.3, -0.25) is 9.69 Å². The number of likely N-dealkylation sites (tertiary alicyclic amines) is 1. The monoisotopic (exact) mass is 327 g/mol. The molecule has 2 saturated heterocycles. The molecule has 3 atom stereocenters. The molecule has 2 fully saturated rings. The number of carbonyl (C=O) groups is 1. The van der Waals surface area contributed by atoms with Gasteiger partial charge in [0.1, 0.15) is 0 Å². The van der Waals surface area contributed by atoms with Crippen LogP contribution in [0.25, 0.3) is 0 Å². The second-order valence-electron chi connectivity index (χ2n) is 5.50. The lowest BCUT2D eigenvalue weighted by Gasteiger charge is -2.34. The standard InChI is InChI=1S/C13H25N3O2.2ClH/c1-10-7-12(8-14)9-16(10)13(17)11(2)15-3-5-18-6-4-15;;/h10-12H,3-9,14H2,1-2H3;2*1H. The van der Waals surface area contributed by atoms with E-state index in [1.807, 2.05) is 11.8 Å². The van der Waals surface area contributed by atoms with E-state index in [1.165, 1.54) is 0 Å². The highest BCUT2D eigenvalue weighted by Gasteiger charge is 2.35. The van der Waals surface area contributed by atoms with Crippen molar-refractivity contribution in [2.75, 3.05) is 39.4 Å². The summed E-state index contributed by atoms with van der Waals surface area (Å²) < 4.78 is 5.33. The van der Waals surface area contributed by atoms with Crippen molar-refractivity contribution in [3.05, 3.63) is 0 Å². The lowest BCUT2D eigenvalue weighted by molar-refractivity contribution is -0.138. The smallest absolute Gasteiger partial charge is 0.239 e. The fourth-order valence-corrected chi connectivity index (χ4v) is 2.98. The molecule has 7 heteroatoms. The summed E-state index contributed by atoms with van der Waals surface area (Å²) in [5, 5.41) is 0. The number of hydrogen-bond acceptors (Lipinski definition) is 4. The number of amides is 1. The molecule has 0 aromatic carbocycles. The van der Waals surface area contributed by atoms with Crippen molar-refractivity contribution in [1.82, 2.24) is 9.80 Å². The number of nitrogens with zero attached hydrogens (tertiary/aromatic N) is 2. The van der Waals surface area contributed by atoms with Crippen LogP contribution < -0.4 is 5.73 Å². The zero-order chi connectivity index (χ0) is 13.1. The molecule has 2 aliphatic heterocycles. The quantitative estimate of drug-likeness (QED) is 0.830. The Morgan fingerprint density at radius 3 is 2.45 bits per heavy atom. The van der Waals surface area contributed by atoms with Crippen molar-refractivity contribution < 1.29 is 9.53 Å². The Balaban J connectivity index is 0.00000180. The third-order valence-corrected chi connectivity index (χ3v) is 4.23. The fourth-order valence-electron chi connectivity index (χ4n) is 2.98. The first kappa shape index (κ1) is 19.9. The van der Waals surface area contributed by atoms with Gasteiger partial charge in [0.05, 0.1) is 19.3 Å². The highest BCUT2D eigenvalue weighted by atomic mass is 35.5. The molecule has 1 amide bonds. The summed E-state index contributed by atoms with van der Waals surface area (Å²) in [5.41, 5.74) is 5.71. The Hall–Kier alpha value is -0.0700. The average molecular weight is 328 g/mol. The van der Waals surface area contributed by atoms with E-state index in [0.29, 0.717) is 18.5 Å². The van der Waals surface area contributed by atoms with Gasteiger partial charge in [-0.05, 0) is 32.7 Å². The zero-order valence-electron chi connectivity index (χ0n) is 12.3. The Kier molecular flexibility index (Phi) is 9.02.